The normalized spacial score (nSPS) is 10.4. The summed E-state index contributed by atoms with van der Waals surface area (Å²) in [7, 11) is 0. The molecule has 0 fully saturated rings. The molecule has 0 atom stereocenters. The van der Waals surface area contributed by atoms with Gasteiger partial charge in [0.2, 0.25) is 0 Å². The zero-order valence-electron chi connectivity index (χ0n) is 10.6. The molecule has 0 aliphatic carbocycles. The Hall–Kier alpha value is -1.50. The number of hydrazine groups is 1. The molecule has 106 valence electrons. The molecule has 2 aromatic rings. The number of halogens is 2. The Balaban J connectivity index is 2.18. The first kappa shape index (κ1) is 14.9. The first-order valence-corrected chi connectivity index (χ1v) is 6.85. The Morgan fingerprint density at radius 2 is 2.30 bits per heavy atom. The number of nitrogen functional groups attached to an aromatic ring is 1. The number of nitrogens with two attached hydrogens (primary N) is 1. The van der Waals surface area contributed by atoms with Gasteiger partial charge in [0.1, 0.15) is 12.4 Å². The second-order valence-corrected chi connectivity index (χ2v) is 5.39. The van der Waals surface area contributed by atoms with Gasteiger partial charge in [-0.15, -0.1) is 0 Å². The molecule has 1 aromatic heterocycles. The van der Waals surface area contributed by atoms with Crippen LogP contribution in [0, 0.1) is 6.92 Å². The van der Waals surface area contributed by atoms with Gasteiger partial charge in [-0.3, -0.25) is 10.2 Å². The Kier molecular flexibility index (Phi) is 4.69. The summed E-state index contributed by atoms with van der Waals surface area (Å²) in [4.78, 5) is 11.5. The van der Waals surface area contributed by atoms with Gasteiger partial charge >= 0.3 is 5.91 Å². The largest absolute Gasteiger partial charge is 0.487 e. The SMILES string of the molecule is Cc1cc(Br)cc(Cl)c1OCc1ccoc1C(=O)NN. The highest BCUT2D eigenvalue weighted by molar-refractivity contribution is 9.10. The molecule has 0 unspecified atom stereocenters. The summed E-state index contributed by atoms with van der Waals surface area (Å²) in [5, 5.41) is 0.491. The third-order valence-corrected chi connectivity index (χ3v) is 3.39. The third-order valence-electron chi connectivity index (χ3n) is 2.65. The van der Waals surface area contributed by atoms with Crippen LogP contribution in [0.25, 0.3) is 0 Å². The lowest BCUT2D eigenvalue weighted by molar-refractivity contribution is 0.0922. The fourth-order valence-corrected chi connectivity index (χ4v) is 2.76. The number of furan rings is 1. The number of amides is 1. The van der Waals surface area contributed by atoms with Gasteiger partial charge in [-0.1, -0.05) is 27.5 Å². The summed E-state index contributed by atoms with van der Waals surface area (Å²) >= 11 is 9.48. The number of carbonyl (C=O) groups excluding carboxylic acids is 1. The summed E-state index contributed by atoms with van der Waals surface area (Å²) in [5.41, 5.74) is 3.49. The molecule has 0 saturated heterocycles. The molecule has 0 aliphatic heterocycles. The van der Waals surface area contributed by atoms with Crippen molar-refractivity contribution in [3.8, 4) is 5.75 Å². The van der Waals surface area contributed by atoms with Crippen LogP contribution >= 0.6 is 27.5 Å². The van der Waals surface area contributed by atoms with E-state index in [1.807, 2.05) is 18.4 Å². The monoisotopic (exact) mass is 358 g/mol. The van der Waals surface area contributed by atoms with Crippen molar-refractivity contribution in [2.45, 2.75) is 13.5 Å². The maximum atomic E-state index is 11.5. The van der Waals surface area contributed by atoms with Gasteiger partial charge in [0.15, 0.2) is 5.76 Å². The molecule has 0 spiro atoms. The van der Waals surface area contributed by atoms with Crippen molar-refractivity contribution in [2.24, 2.45) is 5.84 Å². The van der Waals surface area contributed by atoms with Gasteiger partial charge in [0.25, 0.3) is 0 Å². The zero-order chi connectivity index (χ0) is 14.7. The van der Waals surface area contributed by atoms with E-state index in [4.69, 9.17) is 26.6 Å². The number of hydrogen-bond donors (Lipinski definition) is 2. The quantitative estimate of drug-likeness (QED) is 0.499. The average molecular weight is 360 g/mol. The van der Waals surface area contributed by atoms with Gasteiger partial charge in [-0.25, -0.2) is 5.84 Å². The summed E-state index contributed by atoms with van der Waals surface area (Å²) in [5.74, 6) is 5.26. The van der Waals surface area contributed by atoms with Gasteiger partial charge in [0, 0.05) is 10.0 Å². The Morgan fingerprint density at radius 1 is 1.55 bits per heavy atom. The Labute approximate surface area is 129 Å². The predicted octanol–water partition coefficient (Wildman–Crippen LogP) is 3.19. The van der Waals surface area contributed by atoms with Gasteiger partial charge in [0.05, 0.1) is 11.3 Å². The lowest BCUT2D eigenvalue weighted by atomic mass is 10.2. The van der Waals surface area contributed by atoms with Crippen molar-refractivity contribution < 1.29 is 13.9 Å². The summed E-state index contributed by atoms with van der Waals surface area (Å²) in [6.45, 7) is 2.04. The standard InChI is InChI=1S/C13H12BrClN2O3/c1-7-4-9(14)5-10(15)11(7)20-6-8-2-3-19-12(8)13(18)17-16/h2-5H,6,16H2,1H3,(H,17,18). The van der Waals surface area contributed by atoms with Crippen LogP contribution in [-0.2, 0) is 6.61 Å². The molecule has 2 rings (SSSR count). The minimum absolute atomic E-state index is 0.124. The minimum atomic E-state index is -0.507. The highest BCUT2D eigenvalue weighted by Crippen LogP contribution is 2.32. The van der Waals surface area contributed by atoms with Gasteiger partial charge in [-0.05, 0) is 30.7 Å². The van der Waals surface area contributed by atoms with E-state index < -0.39 is 5.91 Å². The van der Waals surface area contributed by atoms with Crippen LogP contribution in [0.4, 0.5) is 0 Å². The smallest absolute Gasteiger partial charge is 0.301 e. The first-order chi connectivity index (χ1) is 9.52. The van der Waals surface area contributed by atoms with Crippen molar-refractivity contribution in [1.29, 1.82) is 0 Å². The van der Waals surface area contributed by atoms with E-state index in [2.05, 4.69) is 15.9 Å². The molecule has 3 N–H and O–H groups in total. The molecular formula is C13H12BrClN2O3. The second kappa shape index (κ2) is 6.30. The minimum Gasteiger partial charge on any atom is -0.487 e. The molecule has 1 aromatic carbocycles. The number of rotatable bonds is 4. The predicted molar refractivity (Wildman–Crippen MR) is 78.6 cm³/mol. The van der Waals surface area contributed by atoms with Crippen LogP contribution in [0.2, 0.25) is 5.02 Å². The Bertz CT molecular complexity index is 619. The highest BCUT2D eigenvalue weighted by atomic mass is 79.9. The lowest BCUT2D eigenvalue weighted by Gasteiger charge is -2.11. The first-order valence-electron chi connectivity index (χ1n) is 5.68. The number of carbonyl (C=O) groups is 1. The van der Waals surface area contributed by atoms with Crippen molar-refractivity contribution in [3.63, 3.8) is 0 Å². The van der Waals surface area contributed by atoms with Gasteiger partial charge < -0.3 is 9.15 Å². The van der Waals surface area contributed by atoms with Crippen molar-refractivity contribution in [2.75, 3.05) is 0 Å². The van der Waals surface area contributed by atoms with Crippen LogP contribution in [0.15, 0.2) is 33.4 Å². The number of nitrogens with one attached hydrogen (secondary N) is 1. The molecule has 20 heavy (non-hydrogen) atoms. The van der Waals surface area contributed by atoms with Crippen LogP contribution in [-0.4, -0.2) is 5.91 Å². The fourth-order valence-electron chi connectivity index (χ4n) is 1.74. The molecule has 7 heteroatoms. The molecule has 0 saturated carbocycles. The Morgan fingerprint density at radius 3 is 2.95 bits per heavy atom. The van der Waals surface area contributed by atoms with Crippen LogP contribution in [0.1, 0.15) is 21.7 Å². The molecule has 1 amide bonds. The summed E-state index contributed by atoms with van der Waals surface area (Å²) in [6, 6.07) is 5.28. The lowest BCUT2D eigenvalue weighted by Crippen LogP contribution is -2.30. The van der Waals surface area contributed by atoms with Gasteiger partial charge in [-0.2, -0.15) is 0 Å². The van der Waals surface area contributed by atoms with Crippen LogP contribution in [0.5, 0.6) is 5.75 Å². The van der Waals surface area contributed by atoms with E-state index in [9.17, 15) is 4.79 Å². The molecule has 0 bridgehead atoms. The molecule has 0 aliphatic rings. The summed E-state index contributed by atoms with van der Waals surface area (Å²) in [6.07, 6.45) is 1.40. The average Bonchev–Trinajstić information content (AvgIpc) is 2.85. The van der Waals surface area contributed by atoms with Crippen molar-refractivity contribution in [3.05, 3.63) is 50.8 Å². The van der Waals surface area contributed by atoms with Crippen LogP contribution in [0.3, 0.4) is 0 Å². The number of ether oxygens (including phenoxy) is 1. The molecule has 1 heterocycles. The van der Waals surface area contributed by atoms with E-state index >= 15 is 0 Å². The number of aryl methyl sites for hydroxylation is 1. The van der Waals surface area contributed by atoms with Crippen molar-refractivity contribution in [1.82, 2.24) is 5.43 Å². The molecule has 5 nitrogen and oxygen atoms in total. The van der Waals surface area contributed by atoms with Crippen molar-refractivity contribution >= 4 is 33.4 Å². The zero-order valence-corrected chi connectivity index (χ0v) is 12.9. The topological polar surface area (TPSA) is 77.5 Å². The fraction of sp³-hybridized carbons (Fsp3) is 0.154. The molecular weight excluding hydrogens is 348 g/mol. The van der Waals surface area contributed by atoms with Crippen LogP contribution < -0.4 is 16.0 Å². The number of hydrogen-bond acceptors (Lipinski definition) is 4. The van der Waals surface area contributed by atoms with E-state index in [1.54, 1.807) is 12.1 Å². The maximum absolute atomic E-state index is 11.5. The van der Waals surface area contributed by atoms with E-state index in [1.165, 1.54) is 6.26 Å². The second-order valence-electron chi connectivity index (χ2n) is 4.07. The highest BCUT2D eigenvalue weighted by Gasteiger charge is 2.16. The van der Waals surface area contributed by atoms with E-state index in [0.29, 0.717) is 16.3 Å². The maximum Gasteiger partial charge on any atom is 0.301 e. The van der Waals surface area contributed by atoms with E-state index in [-0.39, 0.29) is 12.4 Å². The van der Waals surface area contributed by atoms with E-state index in [0.717, 1.165) is 10.0 Å². The number of benzene rings is 1. The summed E-state index contributed by atoms with van der Waals surface area (Å²) < 4.78 is 11.6. The third kappa shape index (κ3) is 3.15. The molecule has 0 radical (unpaired) electrons.